The van der Waals surface area contributed by atoms with E-state index >= 15 is 0 Å². The Labute approximate surface area is 169 Å². The van der Waals surface area contributed by atoms with Crippen LogP contribution in [-0.2, 0) is 6.54 Å². The van der Waals surface area contributed by atoms with Gasteiger partial charge >= 0.3 is 0 Å². The van der Waals surface area contributed by atoms with E-state index < -0.39 is 0 Å². The molecule has 7 heteroatoms. The number of halogens is 2. The first kappa shape index (κ1) is 19.7. The highest BCUT2D eigenvalue weighted by Crippen LogP contribution is 2.28. The van der Waals surface area contributed by atoms with Gasteiger partial charge < -0.3 is 4.90 Å². The molecule has 0 radical (unpaired) electrons. The van der Waals surface area contributed by atoms with E-state index in [1.807, 2.05) is 30.5 Å². The standard InChI is InChI=1S/C19H24Cl2N4S/c1-3-26-19-22-10-7-18(23-19)25-11-8-14(9-12-25)24(2)13-15-16(20)5-4-6-17(15)21/h4-7,10,14H,3,8-9,11-13H2,1-2H3. The molecule has 1 aliphatic heterocycles. The van der Waals surface area contributed by atoms with Crippen molar-refractivity contribution >= 4 is 40.8 Å². The van der Waals surface area contributed by atoms with E-state index in [9.17, 15) is 0 Å². The van der Waals surface area contributed by atoms with E-state index in [4.69, 9.17) is 23.2 Å². The number of aromatic nitrogens is 2. The van der Waals surface area contributed by atoms with Crippen molar-refractivity contribution in [2.24, 2.45) is 0 Å². The van der Waals surface area contributed by atoms with Crippen LogP contribution in [0.1, 0.15) is 25.3 Å². The summed E-state index contributed by atoms with van der Waals surface area (Å²) < 4.78 is 0. The van der Waals surface area contributed by atoms with Crippen molar-refractivity contribution in [1.82, 2.24) is 14.9 Å². The summed E-state index contributed by atoms with van der Waals surface area (Å²) in [6.07, 6.45) is 4.05. The highest BCUT2D eigenvalue weighted by Gasteiger charge is 2.24. The number of rotatable bonds is 6. The van der Waals surface area contributed by atoms with Crippen LogP contribution in [-0.4, -0.2) is 46.8 Å². The normalized spacial score (nSPS) is 15.7. The van der Waals surface area contributed by atoms with Gasteiger partial charge in [0.25, 0.3) is 0 Å². The number of hydrogen-bond acceptors (Lipinski definition) is 5. The molecule has 0 atom stereocenters. The summed E-state index contributed by atoms with van der Waals surface area (Å²) in [7, 11) is 2.15. The van der Waals surface area contributed by atoms with Crippen molar-refractivity contribution in [3.8, 4) is 0 Å². The van der Waals surface area contributed by atoms with Gasteiger partial charge in [0.15, 0.2) is 5.16 Å². The van der Waals surface area contributed by atoms with Gasteiger partial charge in [0.2, 0.25) is 0 Å². The van der Waals surface area contributed by atoms with Crippen LogP contribution in [0, 0.1) is 0 Å². The number of piperidine rings is 1. The summed E-state index contributed by atoms with van der Waals surface area (Å²) in [6, 6.07) is 8.22. The lowest BCUT2D eigenvalue weighted by molar-refractivity contribution is 0.200. The summed E-state index contributed by atoms with van der Waals surface area (Å²) in [4.78, 5) is 13.7. The Hall–Kier alpha value is -1.01. The maximum absolute atomic E-state index is 6.32. The molecule has 0 bridgehead atoms. The fraction of sp³-hybridized carbons (Fsp3) is 0.474. The van der Waals surface area contributed by atoms with Gasteiger partial charge in [-0.25, -0.2) is 9.97 Å². The predicted octanol–water partition coefficient (Wildman–Crippen LogP) is 5.00. The number of benzene rings is 1. The molecule has 0 N–H and O–H groups in total. The van der Waals surface area contributed by atoms with Crippen molar-refractivity contribution in [2.45, 2.75) is 37.5 Å². The quantitative estimate of drug-likeness (QED) is 0.494. The monoisotopic (exact) mass is 410 g/mol. The van der Waals surface area contributed by atoms with E-state index in [0.29, 0.717) is 6.04 Å². The second-order valence-corrected chi connectivity index (χ2v) is 8.51. The van der Waals surface area contributed by atoms with Crippen molar-refractivity contribution in [2.75, 3.05) is 30.8 Å². The van der Waals surface area contributed by atoms with Crippen LogP contribution < -0.4 is 4.90 Å². The lowest BCUT2D eigenvalue weighted by Gasteiger charge is -2.37. The zero-order chi connectivity index (χ0) is 18.5. The SMILES string of the molecule is CCSc1nccc(N2CCC(N(C)Cc3c(Cl)cccc3Cl)CC2)n1. The number of nitrogens with zero attached hydrogens (tertiary/aromatic N) is 4. The summed E-state index contributed by atoms with van der Waals surface area (Å²) in [6.45, 7) is 4.89. The molecule has 1 aliphatic rings. The molecule has 2 aromatic rings. The summed E-state index contributed by atoms with van der Waals surface area (Å²) >= 11 is 14.3. The fourth-order valence-corrected chi connectivity index (χ4v) is 4.37. The largest absolute Gasteiger partial charge is 0.356 e. The van der Waals surface area contributed by atoms with Crippen LogP contribution in [0.15, 0.2) is 35.6 Å². The zero-order valence-electron chi connectivity index (χ0n) is 15.2. The molecule has 2 heterocycles. The first-order valence-corrected chi connectivity index (χ1v) is 10.7. The van der Waals surface area contributed by atoms with E-state index in [2.05, 4.69) is 33.7 Å². The Morgan fingerprint density at radius 3 is 2.54 bits per heavy atom. The Morgan fingerprint density at radius 1 is 1.19 bits per heavy atom. The van der Waals surface area contributed by atoms with Gasteiger partial charge in [0.05, 0.1) is 0 Å². The van der Waals surface area contributed by atoms with Crippen LogP contribution in [0.5, 0.6) is 0 Å². The number of hydrogen-bond donors (Lipinski definition) is 0. The van der Waals surface area contributed by atoms with Crippen molar-refractivity contribution < 1.29 is 0 Å². The molecule has 26 heavy (non-hydrogen) atoms. The molecule has 140 valence electrons. The molecular weight excluding hydrogens is 387 g/mol. The van der Waals surface area contributed by atoms with Crippen molar-refractivity contribution in [1.29, 1.82) is 0 Å². The van der Waals surface area contributed by atoms with E-state index in [-0.39, 0.29) is 0 Å². The molecule has 0 spiro atoms. The van der Waals surface area contributed by atoms with Crippen LogP contribution in [0.3, 0.4) is 0 Å². The van der Waals surface area contributed by atoms with Crippen LogP contribution in [0.25, 0.3) is 0 Å². The molecule has 1 aromatic carbocycles. The van der Waals surface area contributed by atoms with E-state index in [1.165, 1.54) is 0 Å². The lowest BCUT2D eigenvalue weighted by atomic mass is 10.0. The van der Waals surface area contributed by atoms with Crippen molar-refractivity contribution in [3.63, 3.8) is 0 Å². The van der Waals surface area contributed by atoms with Gasteiger partial charge in [0.1, 0.15) is 5.82 Å². The highest BCUT2D eigenvalue weighted by molar-refractivity contribution is 7.99. The Bertz CT molecular complexity index is 715. The topological polar surface area (TPSA) is 32.3 Å². The van der Waals surface area contributed by atoms with Crippen LogP contribution in [0.2, 0.25) is 10.0 Å². The molecule has 4 nitrogen and oxygen atoms in total. The highest BCUT2D eigenvalue weighted by atomic mass is 35.5. The minimum Gasteiger partial charge on any atom is -0.356 e. The first-order chi connectivity index (χ1) is 12.6. The first-order valence-electron chi connectivity index (χ1n) is 8.92. The predicted molar refractivity (Wildman–Crippen MR) is 112 cm³/mol. The van der Waals surface area contributed by atoms with Gasteiger partial charge in [0, 0.05) is 47.5 Å². The van der Waals surface area contributed by atoms with Gasteiger partial charge in [-0.3, -0.25) is 4.90 Å². The molecule has 1 saturated heterocycles. The molecule has 1 fully saturated rings. The van der Waals surface area contributed by atoms with Crippen LogP contribution in [0.4, 0.5) is 5.82 Å². The summed E-state index contributed by atoms with van der Waals surface area (Å²) in [5.74, 6) is 2.02. The molecule has 0 saturated carbocycles. The average Bonchev–Trinajstić information content (AvgIpc) is 2.65. The van der Waals surface area contributed by atoms with Crippen LogP contribution >= 0.6 is 35.0 Å². The second-order valence-electron chi connectivity index (χ2n) is 6.46. The third-order valence-electron chi connectivity index (χ3n) is 4.77. The van der Waals surface area contributed by atoms with Crippen molar-refractivity contribution in [3.05, 3.63) is 46.1 Å². The Balaban J connectivity index is 1.59. The molecule has 0 unspecified atom stereocenters. The third kappa shape index (κ3) is 4.83. The summed E-state index contributed by atoms with van der Waals surface area (Å²) in [5, 5.41) is 2.34. The zero-order valence-corrected chi connectivity index (χ0v) is 17.5. The van der Waals surface area contributed by atoms with E-state index in [1.54, 1.807) is 11.8 Å². The van der Waals surface area contributed by atoms with Gasteiger partial charge in [-0.15, -0.1) is 0 Å². The molecular formula is C19H24Cl2N4S. The lowest BCUT2D eigenvalue weighted by Crippen LogP contribution is -2.43. The Kier molecular flexibility index (Phi) is 7.04. The van der Waals surface area contributed by atoms with Gasteiger partial charge in [-0.1, -0.05) is 48.0 Å². The maximum Gasteiger partial charge on any atom is 0.189 e. The van der Waals surface area contributed by atoms with Gasteiger partial charge in [-0.2, -0.15) is 0 Å². The molecule has 0 aliphatic carbocycles. The molecule has 1 aromatic heterocycles. The summed E-state index contributed by atoms with van der Waals surface area (Å²) in [5.41, 5.74) is 1.01. The maximum atomic E-state index is 6.32. The third-order valence-corrected chi connectivity index (χ3v) is 6.23. The van der Waals surface area contributed by atoms with Gasteiger partial charge in [-0.05, 0) is 43.8 Å². The minimum atomic E-state index is 0.518. The Morgan fingerprint density at radius 2 is 1.88 bits per heavy atom. The smallest absolute Gasteiger partial charge is 0.189 e. The number of anilines is 1. The molecule has 3 rings (SSSR count). The average molecular weight is 411 g/mol. The van der Waals surface area contributed by atoms with E-state index in [0.717, 1.165) is 64.8 Å². The fourth-order valence-electron chi connectivity index (χ4n) is 3.30. The minimum absolute atomic E-state index is 0.518. The number of thioether (sulfide) groups is 1. The second kappa shape index (κ2) is 9.27. The molecule has 0 amide bonds.